The van der Waals surface area contributed by atoms with Crippen LogP contribution >= 0.6 is 12.4 Å². The second-order valence-electron chi connectivity index (χ2n) is 6.50. The zero-order chi connectivity index (χ0) is 16.0. The summed E-state index contributed by atoms with van der Waals surface area (Å²) in [4.78, 5) is 14.5. The van der Waals surface area contributed by atoms with Gasteiger partial charge in [-0.05, 0) is 55.0 Å². The summed E-state index contributed by atoms with van der Waals surface area (Å²) in [5.74, 6) is 0.621. The van der Waals surface area contributed by atoms with Gasteiger partial charge < -0.3 is 10.6 Å². The second-order valence-corrected chi connectivity index (χ2v) is 6.50. The van der Waals surface area contributed by atoms with Crippen molar-refractivity contribution < 1.29 is 9.18 Å². The Balaban J connectivity index is 0.00000169. The van der Waals surface area contributed by atoms with E-state index in [0.717, 1.165) is 31.6 Å². The van der Waals surface area contributed by atoms with Crippen LogP contribution in [0.4, 0.5) is 4.39 Å². The molecule has 24 heavy (non-hydrogen) atoms. The maximum absolute atomic E-state index is 13.0. The number of nitrogens with zero attached hydrogens (tertiary/aromatic N) is 3. The van der Waals surface area contributed by atoms with Crippen molar-refractivity contribution >= 4 is 18.3 Å². The fourth-order valence-corrected chi connectivity index (χ4v) is 3.81. The normalized spacial score (nSPS) is 25.4. The molecule has 0 radical (unpaired) electrons. The minimum absolute atomic E-state index is 0. The average molecular weight is 351 g/mol. The fraction of sp³-hybridized carbons (Fsp3) is 0.412. The van der Waals surface area contributed by atoms with Gasteiger partial charge in [-0.1, -0.05) is 0 Å². The van der Waals surface area contributed by atoms with Gasteiger partial charge in [0.2, 0.25) is 0 Å². The molecule has 2 N–H and O–H groups in total. The van der Waals surface area contributed by atoms with E-state index in [-0.39, 0.29) is 30.2 Å². The first-order valence-electron chi connectivity index (χ1n) is 7.98. The average Bonchev–Trinajstić information content (AvgIpc) is 3.25. The van der Waals surface area contributed by atoms with Crippen molar-refractivity contribution in [1.29, 1.82) is 0 Å². The summed E-state index contributed by atoms with van der Waals surface area (Å²) in [6.07, 6.45) is 3.90. The molecule has 1 aliphatic carbocycles. The quantitative estimate of drug-likeness (QED) is 0.903. The lowest BCUT2D eigenvalue weighted by atomic mass is 9.98. The molecule has 1 aliphatic heterocycles. The molecule has 3 unspecified atom stereocenters. The molecule has 5 nitrogen and oxygen atoms in total. The Bertz CT molecular complexity index is 732. The lowest BCUT2D eigenvalue weighted by Crippen LogP contribution is -2.33. The van der Waals surface area contributed by atoms with Gasteiger partial charge in [0.25, 0.3) is 5.91 Å². The van der Waals surface area contributed by atoms with E-state index in [1.807, 2.05) is 4.90 Å². The van der Waals surface area contributed by atoms with Gasteiger partial charge in [-0.3, -0.25) is 4.79 Å². The Hall–Kier alpha value is -1.92. The standard InChI is InChI=1S/C17H19FN4O.ClH/c18-12-2-4-13(5-3-12)22-8-7-16(20-22)17(23)21-9-11-1-6-15(19)14(11)10-21;/h2-5,7-8,11,14-15H,1,6,9-10,19H2;1H. The van der Waals surface area contributed by atoms with Crippen molar-refractivity contribution in [3.63, 3.8) is 0 Å². The number of rotatable bonds is 2. The smallest absolute Gasteiger partial charge is 0.274 e. The van der Waals surface area contributed by atoms with Crippen LogP contribution in [-0.4, -0.2) is 39.7 Å². The van der Waals surface area contributed by atoms with Crippen LogP contribution in [0.2, 0.25) is 0 Å². The summed E-state index contributed by atoms with van der Waals surface area (Å²) in [5.41, 5.74) is 7.27. The predicted molar refractivity (Wildman–Crippen MR) is 90.9 cm³/mol. The number of hydrogen-bond donors (Lipinski definition) is 1. The first-order chi connectivity index (χ1) is 11.1. The highest BCUT2D eigenvalue weighted by molar-refractivity contribution is 5.92. The van der Waals surface area contributed by atoms with Crippen molar-refractivity contribution in [2.45, 2.75) is 18.9 Å². The van der Waals surface area contributed by atoms with Crippen LogP contribution < -0.4 is 5.73 Å². The number of benzene rings is 1. The third-order valence-corrected chi connectivity index (χ3v) is 5.10. The molecular formula is C17H20ClFN4O. The van der Waals surface area contributed by atoms with Crippen LogP contribution in [0.3, 0.4) is 0 Å². The van der Waals surface area contributed by atoms with Crippen molar-refractivity contribution in [1.82, 2.24) is 14.7 Å². The summed E-state index contributed by atoms with van der Waals surface area (Å²) >= 11 is 0. The van der Waals surface area contributed by atoms with E-state index in [9.17, 15) is 9.18 Å². The zero-order valence-corrected chi connectivity index (χ0v) is 14.0. The molecule has 1 aromatic carbocycles. The molecule has 2 heterocycles. The first kappa shape index (κ1) is 16.9. The van der Waals surface area contributed by atoms with E-state index in [2.05, 4.69) is 5.10 Å². The topological polar surface area (TPSA) is 64.2 Å². The van der Waals surface area contributed by atoms with Gasteiger partial charge in [0.05, 0.1) is 5.69 Å². The number of aromatic nitrogens is 2. The van der Waals surface area contributed by atoms with Gasteiger partial charge in [-0.25, -0.2) is 9.07 Å². The number of carbonyl (C=O) groups is 1. The summed E-state index contributed by atoms with van der Waals surface area (Å²) < 4.78 is 14.6. The third kappa shape index (κ3) is 2.91. The molecule has 1 saturated carbocycles. The largest absolute Gasteiger partial charge is 0.337 e. The van der Waals surface area contributed by atoms with E-state index < -0.39 is 0 Å². The van der Waals surface area contributed by atoms with Gasteiger partial charge in [0.1, 0.15) is 5.82 Å². The molecule has 1 aromatic heterocycles. The van der Waals surface area contributed by atoms with Gasteiger partial charge in [0, 0.05) is 25.3 Å². The van der Waals surface area contributed by atoms with Gasteiger partial charge in [-0.15, -0.1) is 12.4 Å². The van der Waals surface area contributed by atoms with Gasteiger partial charge >= 0.3 is 0 Å². The Morgan fingerprint density at radius 1 is 1.17 bits per heavy atom. The summed E-state index contributed by atoms with van der Waals surface area (Å²) in [7, 11) is 0. The molecule has 0 spiro atoms. The number of carbonyl (C=O) groups excluding carboxylic acids is 1. The van der Waals surface area contributed by atoms with E-state index in [0.29, 0.717) is 17.5 Å². The summed E-state index contributed by atoms with van der Waals surface area (Å²) in [5, 5.41) is 4.34. The van der Waals surface area contributed by atoms with Crippen molar-refractivity contribution in [2.24, 2.45) is 17.6 Å². The number of amides is 1. The highest BCUT2D eigenvalue weighted by atomic mass is 35.5. The first-order valence-corrected chi connectivity index (χ1v) is 7.98. The van der Waals surface area contributed by atoms with Crippen LogP contribution in [-0.2, 0) is 0 Å². The molecule has 2 aliphatic rings. The van der Waals surface area contributed by atoms with Crippen molar-refractivity contribution in [3.8, 4) is 5.69 Å². The lowest BCUT2D eigenvalue weighted by Gasteiger charge is -2.17. The molecule has 128 valence electrons. The number of likely N-dealkylation sites (tertiary alicyclic amines) is 1. The van der Waals surface area contributed by atoms with Crippen LogP contribution in [0.1, 0.15) is 23.3 Å². The number of nitrogens with two attached hydrogens (primary N) is 1. The fourth-order valence-electron chi connectivity index (χ4n) is 3.81. The highest BCUT2D eigenvalue weighted by Gasteiger charge is 2.42. The molecule has 3 atom stereocenters. The van der Waals surface area contributed by atoms with Gasteiger partial charge in [-0.2, -0.15) is 5.10 Å². The summed E-state index contributed by atoms with van der Waals surface area (Å²) in [6, 6.07) is 7.95. The minimum atomic E-state index is -0.294. The highest BCUT2D eigenvalue weighted by Crippen LogP contribution is 2.37. The van der Waals surface area contributed by atoms with E-state index >= 15 is 0 Å². The predicted octanol–water partition coefficient (Wildman–Crippen LogP) is 2.24. The molecule has 2 fully saturated rings. The Kier molecular flexibility index (Phi) is 4.60. The van der Waals surface area contributed by atoms with Crippen LogP contribution in [0.15, 0.2) is 36.5 Å². The van der Waals surface area contributed by atoms with E-state index in [4.69, 9.17) is 5.73 Å². The molecule has 1 saturated heterocycles. The van der Waals surface area contributed by atoms with Gasteiger partial charge in [0.15, 0.2) is 5.69 Å². The van der Waals surface area contributed by atoms with Crippen LogP contribution in [0.5, 0.6) is 0 Å². The number of hydrogen-bond acceptors (Lipinski definition) is 3. The van der Waals surface area contributed by atoms with E-state index in [1.165, 1.54) is 12.1 Å². The molecular weight excluding hydrogens is 331 g/mol. The van der Waals surface area contributed by atoms with Crippen molar-refractivity contribution in [2.75, 3.05) is 13.1 Å². The van der Waals surface area contributed by atoms with Crippen LogP contribution in [0.25, 0.3) is 5.69 Å². The lowest BCUT2D eigenvalue weighted by molar-refractivity contribution is 0.0773. The molecule has 1 amide bonds. The van der Waals surface area contributed by atoms with E-state index in [1.54, 1.807) is 29.1 Å². The number of halogens is 2. The SMILES string of the molecule is Cl.NC1CCC2CN(C(=O)c3ccn(-c4ccc(F)cc4)n3)CC12. The molecule has 2 aromatic rings. The molecule has 7 heteroatoms. The third-order valence-electron chi connectivity index (χ3n) is 5.10. The van der Waals surface area contributed by atoms with Crippen LogP contribution in [0, 0.1) is 17.7 Å². The summed E-state index contributed by atoms with van der Waals surface area (Å²) in [6.45, 7) is 1.51. The molecule has 0 bridgehead atoms. The molecule has 4 rings (SSSR count). The van der Waals surface area contributed by atoms with Crippen molar-refractivity contribution in [3.05, 3.63) is 48.0 Å². The number of fused-ring (bicyclic) bond motifs is 1. The monoisotopic (exact) mass is 350 g/mol. The maximum atomic E-state index is 13.0. The Morgan fingerprint density at radius 2 is 1.92 bits per heavy atom. The Labute approximate surface area is 146 Å². The minimum Gasteiger partial charge on any atom is -0.337 e. The maximum Gasteiger partial charge on any atom is 0.274 e. The Morgan fingerprint density at radius 3 is 2.62 bits per heavy atom. The second kappa shape index (κ2) is 6.53. The zero-order valence-electron chi connectivity index (χ0n) is 13.1.